The smallest absolute Gasteiger partial charge is 0.376 e. The number of aromatic nitrogens is 2. The minimum Gasteiger partial charge on any atom is -0.496 e. The van der Waals surface area contributed by atoms with Crippen LogP contribution in [-0.2, 0) is 4.74 Å². The van der Waals surface area contributed by atoms with E-state index in [0.29, 0.717) is 11.4 Å². The van der Waals surface area contributed by atoms with Crippen molar-refractivity contribution in [2.24, 2.45) is 0 Å². The first-order valence-electron chi connectivity index (χ1n) is 5.31. The molecular weight excluding hydrogens is 232 g/mol. The molecule has 2 aromatic rings. The molecule has 5 heteroatoms. The van der Waals surface area contributed by atoms with E-state index in [1.54, 1.807) is 13.2 Å². The maximum Gasteiger partial charge on any atom is 0.376 e. The van der Waals surface area contributed by atoms with Crippen molar-refractivity contribution < 1.29 is 14.3 Å². The Morgan fingerprint density at radius 2 is 1.94 bits per heavy atom. The molecule has 0 unspecified atom stereocenters. The normalized spacial score (nSPS) is 9.89. The predicted molar refractivity (Wildman–Crippen MR) is 65.4 cm³/mol. The molecule has 0 bridgehead atoms. The monoisotopic (exact) mass is 244 g/mol. The van der Waals surface area contributed by atoms with E-state index in [-0.39, 0.29) is 5.82 Å². The Hall–Kier alpha value is -2.43. The van der Waals surface area contributed by atoms with Gasteiger partial charge in [-0.15, -0.1) is 0 Å². The third-order valence-electron chi connectivity index (χ3n) is 2.41. The number of rotatable bonds is 3. The van der Waals surface area contributed by atoms with E-state index in [2.05, 4.69) is 14.7 Å². The lowest BCUT2D eigenvalue weighted by Crippen LogP contribution is -2.07. The fraction of sp³-hybridized carbons (Fsp3) is 0.154. The molecule has 18 heavy (non-hydrogen) atoms. The molecule has 0 aliphatic heterocycles. The van der Waals surface area contributed by atoms with Gasteiger partial charge in [0.2, 0.25) is 5.82 Å². The highest BCUT2D eigenvalue weighted by atomic mass is 16.5. The largest absolute Gasteiger partial charge is 0.496 e. The van der Waals surface area contributed by atoms with Crippen molar-refractivity contribution in [2.45, 2.75) is 0 Å². The van der Waals surface area contributed by atoms with Crippen molar-refractivity contribution in [1.82, 2.24) is 9.97 Å². The van der Waals surface area contributed by atoms with Gasteiger partial charge in [-0.3, -0.25) is 0 Å². The summed E-state index contributed by atoms with van der Waals surface area (Å²) in [5, 5.41) is 0. The van der Waals surface area contributed by atoms with Crippen LogP contribution in [0.4, 0.5) is 0 Å². The average molecular weight is 244 g/mol. The number of benzene rings is 1. The van der Waals surface area contributed by atoms with Gasteiger partial charge in [-0.25, -0.2) is 14.8 Å². The van der Waals surface area contributed by atoms with E-state index < -0.39 is 5.97 Å². The molecule has 0 aliphatic carbocycles. The number of carbonyl (C=O) groups is 1. The molecule has 0 amide bonds. The Kier molecular flexibility index (Phi) is 3.52. The maximum absolute atomic E-state index is 11.4. The number of methoxy groups -OCH3 is 2. The summed E-state index contributed by atoms with van der Waals surface area (Å²) in [6.45, 7) is 0. The number of hydrogen-bond acceptors (Lipinski definition) is 5. The van der Waals surface area contributed by atoms with E-state index in [1.807, 2.05) is 24.3 Å². The van der Waals surface area contributed by atoms with Gasteiger partial charge in [-0.1, -0.05) is 12.1 Å². The van der Waals surface area contributed by atoms with Crippen LogP contribution in [0, 0.1) is 0 Å². The van der Waals surface area contributed by atoms with Gasteiger partial charge < -0.3 is 9.47 Å². The zero-order chi connectivity index (χ0) is 13.0. The molecule has 0 saturated carbocycles. The summed E-state index contributed by atoms with van der Waals surface area (Å²) in [6.07, 6.45) is 1.51. The molecule has 0 atom stereocenters. The molecule has 0 aliphatic rings. The molecule has 5 nitrogen and oxygen atoms in total. The van der Waals surface area contributed by atoms with Crippen LogP contribution in [-0.4, -0.2) is 30.2 Å². The second kappa shape index (κ2) is 5.27. The number of carbonyl (C=O) groups excluding carboxylic acids is 1. The number of ether oxygens (including phenoxy) is 2. The third kappa shape index (κ3) is 2.29. The number of nitrogens with zero attached hydrogens (tertiary/aromatic N) is 2. The van der Waals surface area contributed by atoms with Crippen LogP contribution in [0.2, 0.25) is 0 Å². The van der Waals surface area contributed by atoms with Crippen LogP contribution in [0.1, 0.15) is 10.6 Å². The summed E-state index contributed by atoms with van der Waals surface area (Å²) in [7, 11) is 2.88. The van der Waals surface area contributed by atoms with Gasteiger partial charge in [-0.05, 0) is 18.2 Å². The van der Waals surface area contributed by atoms with Gasteiger partial charge in [0.25, 0.3) is 0 Å². The van der Waals surface area contributed by atoms with E-state index in [0.717, 1.165) is 5.56 Å². The van der Waals surface area contributed by atoms with Crippen LogP contribution in [0.5, 0.6) is 5.75 Å². The number of para-hydroxylation sites is 1. The summed E-state index contributed by atoms with van der Waals surface area (Å²) in [4.78, 5) is 19.4. The van der Waals surface area contributed by atoms with Crippen LogP contribution < -0.4 is 4.74 Å². The number of esters is 1. The Morgan fingerprint density at radius 3 is 2.67 bits per heavy atom. The maximum atomic E-state index is 11.4. The van der Waals surface area contributed by atoms with Crippen LogP contribution >= 0.6 is 0 Å². The molecule has 92 valence electrons. The SMILES string of the molecule is COC(=O)c1nccc(-c2ccccc2OC)n1. The van der Waals surface area contributed by atoms with E-state index in [4.69, 9.17) is 4.74 Å². The van der Waals surface area contributed by atoms with Gasteiger partial charge in [0, 0.05) is 11.8 Å². The second-order valence-electron chi connectivity index (χ2n) is 3.46. The summed E-state index contributed by atoms with van der Waals surface area (Å²) in [5.74, 6) is 0.152. The van der Waals surface area contributed by atoms with Crippen LogP contribution in [0.15, 0.2) is 36.5 Å². The highest BCUT2D eigenvalue weighted by Gasteiger charge is 2.12. The molecular formula is C13H12N2O3. The van der Waals surface area contributed by atoms with Crippen LogP contribution in [0.3, 0.4) is 0 Å². The van der Waals surface area contributed by atoms with Crippen molar-refractivity contribution >= 4 is 5.97 Å². The van der Waals surface area contributed by atoms with E-state index in [1.165, 1.54) is 13.3 Å². The predicted octanol–water partition coefficient (Wildman–Crippen LogP) is 1.94. The second-order valence-corrected chi connectivity index (χ2v) is 3.46. The molecule has 1 aromatic carbocycles. The van der Waals surface area contributed by atoms with Crippen molar-refractivity contribution in [3.63, 3.8) is 0 Å². The third-order valence-corrected chi connectivity index (χ3v) is 2.41. The topological polar surface area (TPSA) is 61.3 Å². The van der Waals surface area contributed by atoms with Gasteiger partial charge in [-0.2, -0.15) is 0 Å². The zero-order valence-corrected chi connectivity index (χ0v) is 10.1. The fourth-order valence-electron chi connectivity index (χ4n) is 1.55. The highest BCUT2D eigenvalue weighted by Crippen LogP contribution is 2.27. The van der Waals surface area contributed by atoms with Crippen molar-refractivity contribution in [3.05, 3.63) is 42.4 Å². The first-order valence-corrected chi connectivity index (χ1v) is 5.31. The molecule has 0 saturated heterocycles. The molecule has 1 heterocycles. The lowest BCUT2D eigenvalue weighted by Gasteiger charge is -2.07. The Labute approximate surface area is 104 Å². The van der Waals surface area contributed by atoms with Gasteiger partial charge >= 0.3 is 5.97 Å². The van der Waals surface area contributed by atoms with Gasteiger partial charge in [0.05, 0.1) is 19.9 Å². The quantitative estimate of drug-likeness (QED) is 0.772. The summed E-state index contributed by atoms with van der Waals surface area (Å²) in [5.41, 5.74) is 1.41. The molecule has 0 radical (unpaired) electrons. The fourth-order valence-corrected chi connectivity index (χ4v) is 1.55. The lowest BCUT2D eigenvalue weighted by molar-refractivity contribution is 0.0587. The number of hydrogen-bond donors (Lipinski definition) is 0. The summed E-state index contributed by atoms with van der Waals surface area (Å²) in [6, 6.07) is 9.14. The van der Waals surface area contributed by atoms with E-state index in [9.17, 15) is 4.79 Å². The minimum atomic E-state index is -0.563. The summed E-state index contributed by atoms with van der Waals surface area (Å²) >= 11 is 0. The highest BCUT2D eigenvalue weighted by molar-refractivity contribution is 5.85. The molecule has 2 rings (SSSR count). The zero-order valence-electron chi connectivity index (χ0n) is 10.1. The van der Waals surface area contributed by atoms with Crippen molar-refractivity contribution in [1.29, 1.82) is 0 Å². The van der Waals surface area contributed by atoms with Gasteiger partial charge in [0.1, 0.15) is 5.75 Å². The average Bonchev–Trinajstić information content (AvgIpc) is 2.46. The Balaban J connectivity index is 2.48. The summed E-state index contributed by atoms with van der Waals surface area (Å²) < 4.78 is 9.84. The Bertz CT molecular complexity index is 570. The minimum absolute atomic E-state index is 0.0286. The standard InChI is InChI=1S/C13H12N2O3/c1-17-11-6-4-3-5-9(11)10-7-8-14-12(15-10)13(16)18-2/h3-8H,1-2H3. The van der Waals surface area contributed by atoms with Crippen molar-refractivity contribution in [2.75, 3.05) is 14.2 Å². The molecule has 1 aromatic heterocycles. The molecule has 0 N–H and O–H groups in total. The van der Waals surface area contributed by atoms with Crippen LogP contribution in [0.25, 0.3) is 11.3 Å². The first kappa shape index (κ1) is 12.0. The molecule has 0 fully saturated rings. The molecule has 0 spiro atoms. The van der Waals surface area contributed by atoms with Crippen molar-refractivity contribution in [3.8, 4) is 17.0 Å². The Morgan fingerprint density at radius 1 is 1.17 bits per heavy atom. The van der Waals surface area contributed by atoms with E-state index >= 15 is 0 Å². The van der Waals surface area contributed by atoms with Gasteiger partial charge in [0.15, 0.2) is 0 Å². The lowest BCUT2D eigenvalue weighted by atomic mass is 10.1. The first-order chi connectivity index (χ1) is 8.76.